The maximum atomic E-state index is 12.8. The van der Waals surface area contributed by atoms with Crippen LogP contribution in [-0.4, -0.2) is 61.3 Å². The van der Waals surface area contributed by atoms with E-state index in [1.165, 1.54) is 21.8 Å². The molecule has 10 heteroatoms. The van der Waals surface area contributed by atoms with Crippen molar-refractivity contribution in [2.24, 2.45) is 7.05 Å². The van der Waals surface area contributed by atoms with E-state index in [1.54, 1.807) is 24.1 Å². The van der Waals surface area contributed by atoms with Crippen LogP contribution in [0.1, 0.15) is 29.8 Å². The molecule has 4 rings (SSSR count). The number of carbonyl (C=O) groups is 2. The Morgan fingerprint density at radius 2 is 1.84 bits per heavy atom. The molecule has 10 nitrogen and oxygen atoms in total. The highest BCUT2D eigenvalue weighted by atomic mass is 16.5. The number of rotatable bonds is 5. The summed E-state index contributed by atoms with van der Waals surface area (Å²) in [6.07, 6.45) is 2.82. The highest BCUT2D eigenvalue weighted by Gasteiger charge is 2.26. The second kappa shape index (κ2) is 8.91. The van der Waals surface area contributed by atoms with Crippen LogP contribution in [-0.2, 0) is 29.7 Å². The second-order valence-electron chi connectivity index (χ2n) is 8.12. The maximum absolute atomic E-state index is 12.8. The second-order valence-corrected chi connectivity index (χ2v) is 8.12. The van der Waals surface area contributed by atoms with E-state index in [-0.39, 0.29) is 42.7 Å². The van der Waals surface area contributed by atoms with E-state index in [4.69, 9.17) is 4.74 Å². The number of amides is 2. The normalized spacial score (nSPS) is 18.7. The van der Waals surface area contributed by atoms with Crippen LogP contribution in [0.15, 0.2) is 41.6 Å². The molecule has 1 saturated heterocycles. The van der Waals surface area contributed by atoms with Crippen LogP contribution in [0.2, 0.25) is 0 Å². The minimum absolute atomic E-state index is 0.0127. The summed E-state index contributed by atoms with van der Waals surface area (Å²) in [5, 5.41) is 7.18. The molecule has 1 aliphatic heterocycles. The van der Waals surface area contributed by atoms with E-state index >= 15 is 0 Å². The van der Waals surface area contributed by atoms with Crippen LogP contribution < -0.4 is 10.9 Å². The van der Waals surface area contributed by atoms with Crippen LogP contribution in [0, 0.1) is 0 Å². The van der Waals surface area contributed by atoms with Gasteiger partial charge in [-0.3, -0.25) is 23.6 Å². The van der Waals surface area contributed by atoms with Gasteiger partial charge in [0.05, 0.1) is 18.4 Å². The first kappa shape index (κ1) is 21.7. The van der Waals surface area contributed by atoms with Gasteiger partial charge in [-0.1, -0.05) is 12.1 Å². The van der Waals surface area contributed by atoms with Gasteiger partial charge in [-0.25, -0.2) is 4.98 Å². The molecule has 1 aromatic carbocycles. The summed E-state index contributed by atoms with van der Waals surface area (Å²) in [5.74, 6) is -0.339. The molecule has 0 aliphatic carbocycles. The van der Waals surface area contributed by atoms with E-state index in [0.29, 0.717) is 29.7 Å². The number of hydrogen-bond donors (Lipinski definition) is 1. The van der Waals surface area contributed by atoms with Gasteiger partial charge in [0.25, 0.3) is 11.5 Å². The first-order valence-electron chi connectivity index (χ1n) is 10.5. The Morgan fingerprint density at radius 1 is 1.16 bits per heavy atom. The lowest BCUT2D eigenvalue weighted by Gasteiger charge is -2.35. The van der Waals surface area contributed by atoms with E-state index in [9.17, 15) is 14.4 Å². The Morgan fingerprint density at radius 3 is 2.53 bits per heavy atom. The third-order valence-corrected chi connectivity index (χ3v) is 5.43. The summed E-state index contributed by atoms with van der Waals surface area (Å²) in [6.45, 7) is 5.21. The Labute approximate surface area is 184 Å². The minimum atomic E-state index is -0.312. The average molecular weight is 438 g/mol. The number of aromatic nitrogens is 4. The molecule has 1 fully saturated rings. The predicted molar refractivity (Wildman–Crippen MR) is 117 cm³/mol. The Bertz CT molecular complexity index is 1190. The summed E-state index contributed by atoms with van der Waals surface area (Å²) in [7, 11) is 1.70. The highest BCUT2D eigenvalue weighted by molar-refractivity contribution is 5.94. The first-order chi connectivity index (χ1) is 15.3. The number of fused-ring (bicyclic) bond motifs is 1. The molecule has 0 spiro atoms. The molecule has 3 aromatic rings. The topological polar surface area (TPSA) is 111 Å². The highest BCUT2D eigenvalue weighted by Crippen LogP contribution is 2.15. The molecule has 0 saturated carbocycles. The van der Waals surface area contributed by atoms with Crippen LogP contribution in [0.5, 0.6) is 0 Å². The van der Waals surface area contributed by atoms with Crippen molar-refractivity contribution in [2.75, 3.05) is 13.1 Å². The van der Waals surface area contributed by atoms with Crippen molar-refractivity contribution in [3.63, 3.8) is 0 Å². The van der Waals surface area contributed by atoms with Crippen molar-refractivity contribution in [2.45, 2.75) is 39.1 Å². The summed E-state index contributed by atoms with van der Waals surface area (Å²) in [6, 6.07) is 7.16. The third-order valence-electron chi connectivity index (χ3n) is 5.43. The number of carbonyl (C=O) groups excluding carboxylic acids is 2. The number of nitrogens with zero attached hydrogens (tertiary/aromatic N) is 5. The van der Waals surface area contributed by atoms with Crippen molar-refractivity contribution in [1.82, 2.24) is 29.5 Å². The van der Waals surface area contributed by atoms with Crippen LogP contribution in [0.3, 0.4) is 0 Å². The van der Waals surface area contributed by atoms with Gasteiger partial charge >= 0.3 is 0 Å². The zero-order chi connectivity index (χ0) is 22.8. The van der Waals surface area contributed by atoms with Gasteiger partial charge in [-0.15, -0.1) is 0 Å². The van der Waals surface area contributed by atoms with E-state index < -0.39 is 0 Å². The monoisotopic (exact) mass is 438 g/mol. The van der Waals surface area contributed by atoms with Crippen molar-refractivity contribution >= 4 is 22.8 Å². The smallest absolute Gasteiger partial charge is 0.264 e. The number of nitrogens with one attached hydrogen (secondary N) is 1. The molecule has 0 bridgehead atoms. The van der Waals surface area contributed by atoms with Crippen molar-refractivity contribution in [1.29, 1.82) is 0 Å². The Hall–Kier alpha value is -3.53. The van der Waals surface area contributed by atoms with Gasteiger partial charge in [-0.2, -0.15) is 5.10 Å². The fraction of sp³-hybridized carbons (Fsp3) is 0.409. The quantitative estimate of drug-likeness (QED) is 0.628. The zero-order valence-corrected chi connectivity index (χ0v) is 18.3. The summed E-state index contributed by atoms with van der Waals surface area (Å²) in [4.78, 5) is 43.5. The molecule has 168 valence electrons. The predicted octanol–water partition coefficient (Wildman–Crippen LogP) is 0.696. The zero-order valence-electron chi connectivity index (χ0n) is 18.3. The van der Waals surface area contributed by atoms with Crippen LogP contribution in [0.4, 0.5) is 0 Å². The lowest BCUT2D eigenvalue weighted by molar-refractivity contribution is -0.121. The lowest BCUT2D eigenvalue weighted by Crippen LogP contribution is -2.48. The maximum Gasteiger partial charge on any atom is 0.264 e. The van der Waals surface area contributed by atoms with Crippen molar-refractivity contribution in [3.8, 4) is 0 Å². The van der Waals surface area contributed by atoms with Gasteiger partial charge in [0, 0.05) is 32.2 Å². The van der Waals surface area contributed by atoms with Gasteiger partial charge in [-0.05, 0) is 31.5 Å². The number of benzene rings is 1. The molecule has 3 heterocycles. The number of hydrogen-bond acceptors (Lipinski definition) is 6. The molecule has 32 heavy (non-hydrogen) atoms. The standard InChI is InChI=1S/C22H26N6O4/c1-14-10-27(11-15(2)32-14)21(30)17-6-4-16(5-7-17)8-23-19(29)12-28-13-24-20-18(22(28)31)9-25-26(20)3/h4-7,9,13-15H,8,10-12H2,1-3H3,(H,23,29). The Balaban J connectivity index is 1.34. The fourth-order valence-corrected chi connectivity index (χ4v) is 3.88. The summed E-state index contributed by atoms with van der Waals surface area (Å²) < 4.78 is 8.45. The molecule has 1 N–H and O–H groups in total. The van der Waals surface area contributed by atoms with Crippen molar-refractivity contribution in [3.05, 3.63) is 58.3 Å². The fourth-order valence-electron chi connectivity index (χ4n) is 3.88. The Kier molecular flexibility index (Phi) is 6.04. The van der Waals surface area contributed by atoms with Gasteiger partial charge in [0.1, 0.15) is 18.3 Å². The van der Waals surface area contributed by atoms with E-state index in [0.717, 1.165) is 5.56 Å². The van der Waals surface area contributed by atoms with Crippen molar-refractivity contribution < 1.29 is 14.3 Å². The number of morpholine rings is 1. The number of aryl methyl sites for hydroxylation is 1. The largest absolute Gasteiger partial charge is 0.372 e. The van der Waals surface area contributed by atoms with Gasteiger partial charge in [0.15, 0.2) is 5.65 Å². The molecular weight excluding hydrogens is 412 g/mol. The van der Waals surface area contributed by atoms with Crippen LogP contribution >= 0.6 is 0 Å². The molecule has 2 atom stereocenters. The van der Waals surface area contributed by atoms with Gasteiger partial charge in [0.2, 0.25) is 5.91 Å². The average Bonchev–Trinajstić information content (AvgIpc) is 3.15. The molecule has 0 radical (unpaired) electrons. The summed E-state index contributed by atoms with van der Waals surface area (Å²) >= 11 is 0. The number of ether oxygens (including phenoxy) is 1. The van der Waals surface area contributed by atoms with Crippen LogP contribution in [0.25, 0.3) is 11.0 Å². The van der Waals surface area contributed by atoms with E-state index in [1.807, 2.05) is 26.0 Å². The third kappa shape index (κ3) is 4.54. The minimum Gasteiger partial charge on any atom is -0.372 e. The van der Waals surface area contributed by atoms with E-state index in [2.05, 4.69) is 15.4 Å². The lowest BCUT2D eigenvalue weighted by atomic mass is 10.1. The SMILES string of the molecule is CC1CN(C(=O)c2ccc(CNC(=O)Cn3cnc4c(cnn4C)c3=O)cc2)CC(C)O1. The molecule has 2 unspecified atom stereocenters. The molecule has 2 amide bonds. The molecular formula is C22H26N6O4. The first-order valence-corrected chi connectivity index (χ1v) is 10.5. The summed E-state index contributed by atoms with van der Waals surface area (Å²) in [5.41, 5.74) is 1.62. The van der Waals surface area contributed by atoms with Gasteiger partial charge < -0.3 is 15.0 Å². The molecule has 2 aromatic heterocycles. The molecule has 1 aliphatic rings.